The molecule has 2 aromatic heterocycles. The van der Waals surface area contributed by atoms with Crippen molar-refractivity contribution in [1.29, 1.82) is 0 Å². The van der Waals surface area contributed by atoms with Gasteiger partial charge < -0.3 is 0 Å². The van der Waals surface area contributed by atoms with Crippen LogP contribution in [0.5, 0.6) is 0 Å². The predicted molar refractivity (Wildman–Crippen MR) is 84.5 cm³/mol. The van der Waals surface area contributed by atoms with Crippen LogP contribution in [0.25, 0.3) is 28.4 Å². The first kappa shape index (κ1) is 12.9. The fraction of sp³-hybridized carbons (Fsp3) is 0. The Hall–Kier alpha value is -2.79. The maximum absolute atomic E-state index is 6.02. The van der Waals surface area contributed by atoms with Crippen molar-refractivity contribution in [1.82, 2.24) is 24.8 Å². The highest BCUT2D eigenvalue weighted by molar-refractivity contribution is 6.30. The summed E-state index contributed by atoms with van der Waals surface area (Å²) < 4.78 is 1.61. The van der Waals surface area contributed by atoms with Gasteiger partial charge in [0.1, 0.15) is 0 Å². The van der Waals surface area contributed by atoms with Gasteiger partial charge >= 0.3 is 0 Å². The zero-order valence-corrected chi connectivity index (χ0v) is 12.1. The molecule has 0 spiro atoms. The normalized spacial score (nSPS) is 11.0. The fourth-order valence-electron chi connectivity index (χ4n) is 2.25. The second-order valence-corrected chi connectivity index (χ2v) is 5.19. The van der Waals surface area contributed by atoms with Crippen LogP contribution in [0.15, 0.2) is 60.8 Å². The first-order chi connectivity index (χ1) is 10.8. The lowest BCUT2D eigenvalue weighted by molar-refractivity contribution is 0.909. The summed E-state index contributed by atoms with van der Waals surface area (Å²) in [4.78, 5) is 4.51. The molecule has 4 rings (SSSR count). The Labute approximate surface area is 131 Å². The molecule has 0 fully saturated rings. The smallest absolute Gasteiger partial charge is 0.208 e. The van der Waals surface area contributed by atoms with Crippen molar-refractivity contribution >= 4 is 17.4 Å². The van der Waals surface area contributed by atoms with E-state index in [-0.39, 0.29) is 0 Å². The molecule has 0 unspecified atom stereocenters. The van der Waals surface area contributed by atoms with Crippen LogP contribution in [-0.2, 0) is 0 Å². The minimum absolute atomic E-state index is 0.455. The zero-order chi connectivity index (χ0) is 14.9. The Morgan fingerprint density at radius 3 is 2.50 bits per heavy atom. The van der Waals surface area contributed by atoms with Crippen LogP contribution in [0.3, 0.4) is 0 Å². The second-order valence-electron chi connectivity index (χ2n) is 4.75. The number of benzene rings is 2. The van der Waals surface area contributed by atoms with E-state index < -0.39 is 0 Å². The number of rotatable bonds is 2. The van der Waals surface area contributed by atoms with Gasteiger partial charge in [-0.15, -0.1) is 10.2 Å². The lowest BCUT2D eigenvalue weighted by atomic mass is 10.2. The Balaban J connectivity index is 1.84. The summed E-state index contributed by atoms with van der Waals surface area (Å²) in [5, 5.41) is 13.3. The molecular weight excluding hydrogens is 298 g/mol. The van der Waals surface area contributed by atoms with Gasteiger partial charge in [-0.25, -0.2) is 4.98 Å². The third-order valence-corrected chi connectivity index (χ3v) is 3.53. The van der Waals surface area contributed by atoms with Gasteiger partial charge in [0.05, 0.1) is 11.9 Å². The molecule has 2 heterocycles. The molecule has 0 aliphatic carbocycles. The molecule has 0 N–H and O–H groups in total. The van der Waals surface area contributed by atoms with Gasteiger partial charge in [-0.2, -0.15) is 9.61 Å². The van der Waals surface area contributed by atoms with Crippen LogP contribution in [-0.4, -0.2) is 24.8 Å². The first-order valence-electron chi connectivity index (χ1n) is 6.71. The number of hydrogen-bond acceptors (Lipinski definition) is 4. The van der Waals surface area contributed by atoms with E-state index in [0.29, 0.717) is 16.6 Å². The first-order valence-corrected chi connectivity index (χ1v) is 7.09. The average molecular weight is 308 g/mol. The molecule has 0 saturated carbocycles. The van der Waals surface area contributed by atoms with Crippen LogP contribution in [0.1, 0.15) is 0 Å². The molecule has 5 nitrogen and oxygen atoms in total. The molecule has 0 aliphatic heterocycles. The van der Waals surface area contributed by atoms with Crippen molar-refractivity contribution in [3.63, 3.8) is 0 Å². The van der Waals surface area contributed by atoms with Crippen LogP contribution < -0.4 is 0 Å². The second kappa shape index (κ2) is 5.20. The van der Waals surface area contributed by atoms with E-state index in [9.17, 15) is 0 Å². The minimum atomic E-state index is 0.455. The predicted octanol–water partition coefficient (Wildman–Crippen LogP) is 3.51. The highest BCUT2D eigenvalue weighted by atomic mass is 35.5. The molecule has 2 aromatic carbocycles. The third kappa shape index (κ3) is 2.21. The Kier molecular flexibility index (Phi) is 3.05. The number of hydrogen-bond donors (Lipinski definition) is 0. The van der Waals surface area contributed by atoms with Crippen molar-refractivity contribution in [3.8, 4) is 22.6 Å². The molecule has 6 heteroatoms. The Morgan fingerprint density at radius 1 is 0.864 bits per heavy atom. The zero-order valence-electron chi connectivity index (χ0n) is 11.4. The van der Waals surface area contributed by atoms with Gasteiger partial charge in [0.2, 0.25) is 0 Å². The molecule has 0 radical (unpaired) electrons. The standard InChI is InChI=1S/C16H10ClN5/c17-13-8-4-7-12(9-13)15-20-21-16-19-14(10-18-22(15)16)11-5-2-1-3-6-11/h1-10H. The van der Waals surface area contributed by atoms with Crippen LogP contribution in [0, 0.1) is 0 Å². The summed E-state index contributed by atoms with van der Waals surface area (Å²) in [6, 6.07) is 17.3. The number of nitrogens with zero attached hydrogens (tertiary/aromatic N) is 5. The molecule has 0 amide bonds. The molecule has 4 aromatic rings. The van der Waals surface area contributed by atoms with E-state index in [4.69, 9.17) is 11.6 Å². The average Bonchev–Trinajstić information content (AvgIpc) is 2.99. The number of aromatic nitrogens is 5. The molecule has 0 atom stereocenters. The lowest BCUT2D eigenvalue weighted by Crippen LogP contribution is -1.98. The van der Waals surface area contributed by atoms with Crippen LogP contribution in [0.2, 0.25) is 5.02 Å². The van der Waals surface area contributed by atoms with Crippen molar-refractivity contribution in [2.24, 2.45) is 0 Å². The van der Waals surface area contributed by atoms with Crippen molar-refractivity contribution in [3.05, 3.63) is 65.8 Å². The minimum Gasteiger partial charge on any atom is -0.208 e. The van der Waals surface area contributed by atoms with Crippen LogP contribution >= 0.6 is 11.6 Å². The van der Waals surface area contributed by atoms with Gasteiger partial charge in [-0.3, -0.25) is 0 Å². The number of fused-ring (bicyclic) bond motifs is 1. The third-order valence-electron chi connectivity index (χ3n) is 3.29. The van der Waals surface area contributed by atoms with E-state index in [1.165, 1.54) is 0 Å². The maximum atomic E-state index is 6.02. The van der Waals surface area contributed by atoms with Crippen molar-refractivity contribution < 1.29 is 0 Å². The Bertz CT molecular complexity index is 949. The van der Waals surface area contributed by atoms with E-state index in [1.54, 1.807) is 10.7 Å². The van der Waals surface area contributed by atoms with Crippen molar-refractivity contribution in [2.75, 3.05) is 0 Å². The van der Waals surface area contributed by atoms with E-state index >= 15 is 0 Å². The summed E-state index contributed by atoms with van der Waals surface area (Å²) >= 11 is 6.02. The van der Waals surface area contributed by atoms with Gasteiger partial charge in [0.15, 0.2) is 5.82 Å². The summed E-state index contributed by atoms with van der Waals surface area (Å²) in [5.74, 6) is 1.07. The van der Waals surface area contributed by atoms with Gasteiger partial charge in [0.25, 0.3) is 5.78 Å². The highest BCUT2D eigenvalue weighted by Crippen LogP contribution is 2.22. The fourth-order valence-corrected chi connectivity index (χ4v) is 2.44. The quantitative estimate of drug-likeness (QED) is 0.568. The van der Waals surface area contributed by atoms with Gasteiger partial charge in [0, 0.05) is 16.1 Å². The summed E-state index contributed by atoms with van der Waals surface area (Å²) in [5.41, 5.74) is 2.60. The SMILES string of the molecule is Clc1cccc(-c2nnc3nc(-c4ccccc4)cnn23)c1. The van der Waals surface area contributed by atoms with E-state index in [2.05, 4.69) is 20.3 Å². The topological polar surface area (TPSA) is 56.0 Å². The largest absolute Gasteiger partial charge is 0.272 e. The molecule has 0 aliphatic rings. The summed E-state index contributed by atoms with van der Waals surface area (Å²) in [7, 11) is 0. The van der Waals surface area contributed by atoms with E-state index in [0.717, 1.165) is 16.8 Å². The Morgan fingerprint density at radius 2 is 1.68 bits per heavy atom. The lowest BCUT2D eigenvalue weighted by Gasteiger charge is -2.02. The highest BCUT2D eigenvalue weighted by Gasteiger charge is 2.11. The van der Waals surface area contributed by atoms with Crippen LogP contribution in [0.4, 0.5) is 0 Å². The van der Waals surface area contributed by atoms with Gasteiger partial charge in [-0.05, 0) is 12.1 Å². The molecule has 106 valence electrons. The molecular formula is C16H10ClN5. The summed E-state index contributed by atoms with van der Waals surface area (Å²) in [6.45, 7) is 0. The van der Waals surface area contributed by atoms with E-state index in [1.807, 2.05) is 54.6 Å². The van der Waals surface area contributed by atoms with Gasteiger partial charge in [-0.1, -0.05) is 54.1 Å². The van der Waals surface area contributed by atoms with Crippen molar-refractivity contribution in [2.45, 2.75) is 0 Å². The molecule has 0 saturated heterocycles. The summed E-state index contributed by atoms with van der Waals surface area (Å²) in [6.07, 6.45) is 1.71. The molecule has 22 heavy (non-hydrogen) atoms. The monoisotopic (exact) mass is 307 g/mol. The number of halogens is 1. The molecule has 0 bridgehead atoms. The maximum Gasteiger partial charge on any atom is 0.272 e.